The molecule has 0 amide bonds. The van der Waals surface area contributed by atoms with Crippen LogP contribution in [0, 0.1) is 0 Å². The van der Waals surface area contributed by atoms with Gasteiger partial charge in [0.1, 0.15) is 0 Å². The molecule has 0 aromatic rings. The number of hydrogen-bond acceptors (Lipinski definition) is 2. The van der Waals surface area contributed by atoms with Crippen molar-refractivity contribution >= 4 is 0 Å². The molecule has 0 unspecified atom stereocenters. The molecular formula is C8H14O2. The highest BCUT2D eigenvalue weighted by atomic mass is 16.3. The lowest BCUT2D eigenvalue weighted by molar-refractivity contribution is 0.244. The second-order valence-electron chi connectivity index (χ2n) is 2.38. The van der Waals surface area contributed by atoms with Crippen molar-refractivity contribution in [1.82, 2.24) is 0 Å². The Balaban J connectivity index is 4.06. The van der Waals surface area contributed by atoms with Crippen LogP contribution in [-0.4, -0.2) is 22.9 Å². The molecule has 0 radical (unpaired) electrons. The molecule has 0 fully saturated rings. The molecular weight excluding hydrogens is 128 g/mol. The van der Waals surface area contributed by atoms with Gasteiger partial charge in [-0.2, -0.15) is 0 Å². The summed E-state index contributed by atoms with van der Waals surface area (Å²) in [5.41, 5.74) is 1.44. The van der Waals surface area contributed by atoms with E-state index in [-0.39, 0.29) is 6.61 Å². The standard InChI is InChI=1S/C8H14O2/c1-6(2)8(10)7(3)4-5-9/h4,8-10H,1,5H2,2-3H3/b7-4+/t8-/m0/s1. The van der Waals surface area contributed by atoms with Gasteiger partial charge in [-0.25, -0.2) is 0 Å². The van der Waals surface area contributed by atoms with Gasteiger partial charge in [-0.3, -0.25) is 0 Å². The Morgan fingerprint density at radius 2 is 2.10 bits per heavy atom. The van der Waals surface area contributed by atoms with Crippen LogP contribution in [-0.2, 0) is 0 Å². The summed E-state index contributed by atoms with van der Waals surface area (Å²) in [6, 6.07) is 0. The van der Waals surface area contributed by atoms with Gasteiger partial charge in [0.15, 0.2) is 0 Å². The van der Waals surface area contributed by atoms with E-state index in [0.717, 1.165) is 5.57 Å². The SMILES string of the molecule is C=C(C)[C@H](O)/C(C)=C/CO. The molecule has 0 aromatic heterocycles. The van der Waals surface area contributed by atoms with Gasteiger partial charge >= 0.3 is 0 Å². The molecule has 0 aliphatic carbocycles. The lowest BCUT2D eigenvalue weighted by atomic mass is 10.1. The van der Waals surface area contributed by atoms with Crippen molar-refractivity contribution in [2.75, 3.05) is 6.61 Å². The predicted molar refractivity (Wildman–Crippen MR) is 41.7 cm³/mol. The first-order valence-electron chi connectivity index (χ1n) is 3.20. The molecule has 0 aliphatic rings. The van der Waals surface area contributed by atoms with Crippen LogP contribution in [0.25, 0.3) is 0 Å². The minimum absolute atomic E-state index is 0.0316. The highest BCUT2D eigenvalue weighted by Gasteiger charge is 2.04. The second-order valence-corrected chi connectivity index (χ2v) is 2.38. The highest BCUT2D eigenvalue weighted by molar-refractivity contribution is 5.17. The fraction of sp³-hybridized carbons (Fsp3) is 0.500. The van der Waals surface area contributed by atoms with E-state index in [4.69, 9.17) is 5.11 Å². The average molecular weight is 142 g/mol. The minimum Gasteiger partial charge on any atom is -0.392 e. The van der Waals surface area contributed by atoms with Gasteiger partial charge in [-0.05, 0) is 25.0 Å². The maximum Gasteiger partial charge on any atom is 0.0953 e. The van der Waals surface area contributed by atoms with Gasteiger partial charge in [-0.15, -0.1) is 0 Å². The zero-order chi connectivity index (χ0) is 8.15. The third-order valence-electron chi connectivity index (χ3n) is 1.31. The lowest BCUT2D eigenvalue weighted by Gasteiger charge is -2.09. The zero-order valence-corrected chi connectivity index (χ0v) is 6.46. The van der Waals surface area contributed by atoms with Crippen molar-refractivity contribution < 1.29 is 10.2 Å². The van der Waals surface area contributed by atoms with E-state index >= 15 is 0 Å². The molecule has 0 spiro atoms. The van der Waals surface area contributed by atoms with Crippen LogP contribution in [0.1, 0.15) is 13.8 Å². The quantitative estimate of drug-likeness (QED) is 0.574. The van der Waals surface area contributed by atoms with E-state index in [0.29, 0.717) is 5.57 Å². The van der Waals surface area contributed by atoms with E-state index in [1.54, 1.807) is 19.9 Å². The molecule has 2 heteroatoms. The Hall–Kier alpha value is -0.600. The van der Waals surface area contributed by atoms with Crippen LogP contribution in [0.15, 0.2) is 23.8 Å². The Labute approximate surface area is 61.5 Å². The molecule has 0 aliphatic heterocycles. The molecule has 0 saturated heterocycles. The summed E-state index contributed by atoms with van der Waals surface area (Å²) in [5.74, 6) is 0. The summed E-state index contributed by atoms with van der Waals surface area (Å²) in [7, 11) is 0. The number of hydrogen-bond donors (Lipinski definition) is 2. The third-order valence-corrected chi connectivity index (χ3v) is 1.31. The maximum absolute atomic E-state index is 9.25. The Morgan fingerprint density at radius 3 is 2.40 bits per heavy atom. The fourth-order valence-electron chi connectivity index (χ4n) is 0.644. The number of aliphatic hydroxyl groups excluding tert-OH is 2. The maximum atomic E-state index is 9.25. The molecule has 10 heavy (non-hydrogen) atoms. The minimum atomic E-state index is -0.604. The van der Waals surface area contributed by atoms with Gasteiger partial charge < -0.3 is 10.2 Å². The van der Waals surface area contributed by atoms with Gasteiger partial charge in [0.05, 0.1) is 12.7 Å². The molecule has 0 aromatic carbocycles. The van der Waals surface area contributed by atoms with Crippen LogP contribution < -0.4 is 0 Å². The normalized spacial score (nSPS) is 15.0. The van der Waals surface area contributed by atoms with Crippen LogP contribution in [0.3, 0.4) is 0 Å². The van der Waals surface area contributed by atoms with Crippen LogP contribution >= 0.6 is 0 Å². The van der Waals surface area contributed by atoms with E-state index in [2.05, 4.69) is 6.58 Å². The zero-order valence-electron chi connectivity index (χ0n) is 6.46. The van der Waals surface area contributed by atoms with E-state index < -0.39 is 6.10 Å². The predicted octanol–water partition coefficient (Wildman–Crippen LogP) is 0.862. The number of rotatable bonds is 3. The molecule has 0 saturated carbocycles. The van der Waals surface area contributed by atoms with Crippen molar-refractivity contribution in [1.29, 1.82) is 0 Å². The summed E-state index contributed by atoms with van der Waals surface area (Å²) in [6.45, 7) is 7.06. The van der Waals surface area contributed by atoms with Gasteiger partial charge in [-0.1, -0.05) is 12.7 Å². The van der Waals surface area contributed by atoms with Crippen molar-refractivity contribution in [2.45, 2.75) is 20.0 Å². The molecule has 1 atom stereocenters. The van der Waals surface area contributed by atoms with E-state index in [9.17, 15) is 5.11 Å². The van der Waals surface area contributed by atoms with Gasteiger partial charge in [0.2, 0.25) is 0 Å². The molecule has 2 N–H and O–H groups in total. The first-order chi connectivity index (χ1) is 4.59. The Morgan fingerprint density at radius 1 is 1.60 bits per heavy atom. The van der Waals surface area contributed by atoms with Crippen molar-refractivity contribution in [3.8, 4) is 0 Å². The van der Waals surface area contributed by atoms with E-state index in [1.165, 1.54) is 0 Å². The summed E-state index contributed by atoms with van der Waals surface area (Å²) >= 11 is 0. The molecule has 0 heterocycles. The Bertz CT molecular complexity index is 147. The first kappa shape index (κ1) is 9.40. The van der Waals surface area contributed by atoms with Crippen LogP contribution in [0.4, 0.5) is 0 Å². The van der Waals surface area contributed by atoms with Crippen molar-refractivity contribution in [3.05, 3.63) is 23.8 Å². The first-order valence-corrected chi connectivity index (χ1v) is 3.20. The molecule has 0 bridgehead atoms. The monoisotopic (exact) mass is 142 g/mol. The van der Waals surface area contributed by atoms with Gasteiger partial charge in [0, 0.05) is 0 Å². The highest BCUT2D eigenvalue weighted by Crippen LogP contribution is 2.07. The summed E-state index contributed by atoms with van der Waals surface area (Å²) < 4.78 is 0. The third kappa shape index (κ3) is 2.80. The largest absolute Gasteiger partial charge is 0.392 e. The summed E-state index contributed by atoms with van der Waals surface area (Å²) in [5, 5.41) is 17.7. The van der Waals surface area contributed by atoms with Crippen LogP contribution in [0.5, 0.6) is 0 Å². The summed E-state index contributed by atoms with van der Waals surface area (Å²) in [4.78, 5) is 0. The fourth-order valence-corrected chi connectivity index (χ4v) is 0.644. The van der Waals surface area contributed by atoms with E-state index in [1.807, 2.05) is 0 Å². The van der Waals surface area contributed by atoms with Crippen LogP contribution in [0.2, 0.25) is 0 Å². The van der Waals surface area contributed by atoms with Crippen molar-refractivity contribution in [3.63, 3.8) is 0 Å². The average Bonchev–Trinajstić information content (AvgIpc) is 1.87. The second kappa shape index (κ2) is 4.25. The van der Waals surface area contributed by atoms with Gasteiger partial charge in [0.25, 0.3) is 0 Å². The smallest absolute Gasteiger partial charge is 0.0953 e. The summed E-state index contributed by atoms with van der Waals surface area (Å²) in [6.07, 6.45) is 0.964. The molecule has 2 nitrogen and oxygen atoms in total. The lowest BCUT2D eigenvalue weighted by Crippen LogP contribution is -2.08. The number of aliphatic hydroxyl groups is 2. The Kier molecular flexibility index (Phi) is 4.00. The topological polar surface area (TPSA) is 40.5 Å². The van der Waals surface area contributed by atoms with Crippen molar-refractivity contribution in [2.24, 2.45) is 0 Å². The molecule has 0 rings (SSSR count). The molecule has 58 valence electrons.